The van der Waals surface area contributed by atoms with Crippen LogP contribution in [0.5, 0.6) is 5.75 Å². The fourth-order valence-electron chi connectivity index (χ4n) is 7.00. The van der Waals surface area contributed by atoms with Crippen molar-refractivity contribution in [2.24, 2.45) is 17.8 Å². The summed E-state index contributed by atoms with van der Waals surface area (Å²) in [5.41, 5.74) is 3.34. The number of aryl methyl sites for hydroxylation is 1. The predicted molar refractivity (Wildman–Crippen MR) is 173 cm³/mol. The van der Waals surface area contributed by atoms with Crippen molar-refractivity contribution in [2.75, 3.05) is 51.5 Å². The molecule has 1 N–H and O–H groups in total. The lowest BCUT2D eigenvalue weighted by atomic mass is 9.70. The highest BCUT2D eigenvalue weighted by atomic mass is 35.5. The lowest BCUT2D eigenvalue weighted by Crippen LogP contribution is -2.44. The van der Waals surface area contributed by atoms with Crippen molar-refractivity contribution in [3.05, 3.63) is 70.3 Å². The molecule has 2 aromatic carbocycles. The molecule has 3 heterocycles. The summed E-state index contributed by atoms with van der Waals surface area (Å²) < 4.78 is 53.0. The summed E-state index contributed by atoms with van der Waals surface area (Å²) in [6.45, 7) is 3.28. The van der Waals surface area contributed by atoms with Crippen molar-refractivity contribution in [3.8, 4) is 5.75 Å². The molecule has 0 spiro atoms. The van der Waals surface area contributed by atoms with Crippen molar-refractivity contribution in [1.82, 2.24) is 4.72 Å². The van der Waals surface area contributed by atoms with Gasteiger partial charge in [0, 0.05) is 36.7 Å². The molecular weight excluding hydrogens is 616 g/mol. The molecule has 1 amide bonds. The molecule has 0 unspecified atom stereocenters. The Hall–Kier alpha value is -2.63. The van der Waals surface area contributed by atoms with Crippen molar-refractivity contribution < 1.29 is 32.2 Å². The fraction of sp³-hybridized carbons (Fsp3) is 0.559. The number of fused-ring (bicyclic) bond motifs is 4. The molecule has 2 aromatic rings. The third-order valence-electron chi connectivity index (χ3n) is 9.73. The third kappa shape index (κ3) is 7.52. The first-order valence-electron chi connectivity index (χ1n) is 16.0. The minimum Gasteiger partial charge on any atom is -0.487 e. The van der Waals surface area contributed by atoms with Gasteiger partial charge >= 0.3 is 0 Å². The second kappa shape index (κ2) is 14.4. The average Bonchev–Trinajstić information content (AvgIpc) is 3.48. The van der Waals surface area contributed by atoms with Gasteiger partial charge in [-0.05, 0) is 91.8 Å². The Morgan fingerprint density at radius 2 is 1.93 bits per heavy atom. The van der Waals surface area contributed by atoms with E-state index in [1.165, 1.54) is 5.56 Å². The van der Waals surface area contributed by atoms with Gasteiger partial charge < -0.3 is 23.8 Å². The lowest BCUT2D eigenvalue weighted by molar-refractivity contribution is -0.0308. The average molecular weight is 659 g/mol. The van der Waals surface area contributed by atoms with E-state index in [1.807, 2.05) is 24.3 Å². The van der Waals surface area contributed by atoms with Crippen LogP contribution >= 0.6 is 11.6 Å². The second-order valence-electron chi connectivity index (χ2n) is 12.6. The van der Waals surface area contributed by atoms with Crippen LogP contribution in [-0.2, 0) is 37.3 Å². The number of hydrogen-bond donors (Lipinski definition) is 1. The Kier molecular flexibility index (Phi) is 10.4. The number of ether oxygens (including phenoxy) is 4. The van der Waals surface area contributed by atoms with Gasteiger partial charge in [-0.3, -0.25) is 4.79 Å². The summed E-state index contributed by atoms with van der Waals surface area (Å²) in [4.78, 5) is 15.8. The Morgan fingerprint density at radius 3 is 2.76 bits per heavy atom. The van der Waals surface area contributed by atoms with Gasteiger partial charge in [0.25, 0.3) is 5.91 Å². The number of carbonyl (C=O) groups is 1. The molecule has 2 bridgehead atoms. The molecule has 6 rings (SSSR count). The summed E-state index contributed by atoms with van der Waals surface area (Å²) in [5, 5.41) is -0.111. The first-order valence-corrected chi connectivity index (χ1v) is 17.9. The number of nitrogens with zero attached hydrogens (tertiary/aromatic N) is 1. The number of sulfonamides is 1. The van der Waals surface area contributed by atoms with Crippen molar-refractivity contribution in [1.29, 1.82) is 0 Å². The van der Waals surface area contributed by atoms with Crippen LogP contribution in [0.3, 0.4) is 0 Å². The van der Waals surface area contributed by atoms with E-state index in [0.29, 0.717) is 55.5 Å². The highest BCUT2D eigenvalue weighted by Gasteiger charge is 2.41. The molecule has 1 saturated carbocycles. The minimum atomic E-state index is -3.99. The van der Waals surface area contributed by atoms with Gasteiger partial charge in [-0.15, -0.1) is 0 Å². The number of benzene rings is 2. The summed E-state index contributed by atoms with van der Waals surface area (Å²) in [6, 6.07) is 11.1. The molecule has 0 aromatic heterocycles. The monoisotopic (exact) mass is 658 g/mol. The summed E-state index contributed by atoms with van der Waals surface area (Å²) in [7, 11) is -2.32. The van der Waals surface area contributed by atoms with Gasteiger partial charge in [-0.2, -0.15) is 0 Å². The van der Waals surface area contributed by atoms with Crippen LogP contribution in [0.4, 0.5) is 5.69 Å². The van der Waals surface area contributed by atoms with Crippen LogP contribution < -0.4 is 14.4 Å². The Labute approximate surface area is 271 Å². The number of carbonyl (C=O) groups excluding carboxylic acids is 1. The van der Waals surface area contributed by atoms with Crippen LogP contribution in [0, 0.1) is 17.8 Å². The highest BCUT2D eigenvalue weighted by molar-refractivity contribution is 7.90. The van der Waals surface area contributed by atoms with Crippen LogP contribution in [0.25, 0.3) is 0 Å². The molecule has 5 atom stereocenters. The third-order valence-corrected chi connectivity index (χ3v) is 11.7. The molecule has 45 heavy (non-hydrogen) atoms. The number of amides is 1. The van der Waals surface area contributed by atoms with Gasteiger partial charge in [-0.25, -0.2) is 13.1 Å². The molecule has 1 aliphatic carbocycles. The van der Waals surface area contributed by atoms with Gasteiger partial charge in [0.2, 0.25) is 10.0 Å². The maximum Gasteiger partial charge on any atom is 0.264 e. The second-order valence-corrected chi connectivity index (χ2v) is 14.9. The smallest absolute Gasteiger partial charge is 0.264 e. The molecule has 11 heteroatoms. The highest BCUT2D eigenvalue weighted by Crippen LogP contribution is 2.42. The van der Waals surface area contributed by atoms with E-state index in [1.54, 1.807) is 25.3 Å². The van der Waals surface area contributed by atoms with Gasteiger partial charge in [-0.1, -0.05) is 29.8 Å². The fourth-order valence-corrected chi connectivity index (χ4v) is 8.69. The normalized spacial score (nSPS) is 29.1. The number of methoxy groups -OCH3 is 1. The molecule has 2 fully saturated rings. The van der Waals surface area contributed by atoms with E-state index in [2.05, 4.69) is 15.7 Å². The Bertz CT molecular complexity index is 1500. The largest absolute Gasteiger partial charge is 0.487 e. The van der Waals surface area contributed by atoms with Crippen LogP contribution in [0.1, 0.15) is 53.6 Å². The van der Waals surface area contributed by atoms with E-state index >= 15 is 0 Å². The molecule has 3 aliphatic heterocycles. The quantitative estimate of drug-likeness (QED) is 0.355. The molecule has 4 aliphatic rings. The van der Waals surface area contributed by atoms with Crippen LogP contribution in [0.2, 0.25) is 5.02 Å². The minimum absolute atomic E-state index is 0.0536. The SMILES string of the molecule is COCCO[C@H]1/C=C/C[C@H]2COC[C@@H]2S(=O)(=O)NC(=O)c2ccc3c(c2)N(CCCCc2cc(Cl)ccc2CO3)C[C@@H]2CC[C@H]21. The van der Waals surface area contributed by atoms with E-state index in [9.17, 15) is 13.2 Å². The topological polar surface area (TPSA) is 103 Å². The van der Waals surface area contributed by atoms with Crippen LogP contribution in [-0.4, -0.2) is 72.3 Å². The Balaban J connectivity index is 1.37. The summed E-state index contributed by atoms with van der Waals surface area (Å²) in [6.07, 6.45) is 9.49. The van der Waals surface area contributed by atoms with E-state index in [0.717, 1.165) is 56.4 Å². The van der Waals surface area contributed by atoms with Gasteiger partial charge in [0.05, 0.1) is 38.2 Å². The lowest BCUT2D eigenvalue weighted by Gasteiger charge is -2.44. The summed E-state index contributed by atoms with van der Waals surface area (Å²) in [5.74, 6) is 0.445. The Morgan fingerprint density at radius 1 is 1.04 bits per heavy atom. The van der Waals surface area contributed by atoms with Crippen molar-refractivity contribution >= 4 is 33.2 Å². The number of halogens is 1. The zero-order chi connectivity index (χ0) is 31.4. The number of nitrogens with one attached hydrogen (secondary N) is 1. The number of hydrogen-bond acceptors (Lipinski definition) is 8. The maximum absolute atomic E-state index is 13.5. The summed E-state index contributed by atoms with van der Waals surface area (Å²) >= 11 is 6.34. The molecule has 1 saturated heterocycles. The molecule has 9 nitrogen and oxygen atoms in total. The number of allylic oxidation sites excluding steroid dienone is 1. The molecule has 244 valence electrons. The van der Waals surface area contributed by atoms with E-state index < -0.39 is 21.2 Å². The van der Waals surface area contributed by atoms with Gasteiger partial charge in [0.1, 0.15) is 17.6 Å². The van der Waals surface area contributed by atoms with Crippen molar-refractivity contribution in [3.63, 3.8) is 0 Å². The first kappa shape index (κ1) is 32.3. The molecule has 0 radical (unpaired) electrons. The van der Waals surface area contributed by atoms with Crippen molar-refractivity contribution in [2.45, 2.75) is 56.5 Å². The maximum atomic E-state index is 13.5. The number of anilines is 1. The van der Waals surface area contributed by atoms with E-state index in [-0.39, 0.29) is 24.2 Å². The van der Waals surface area contributed by atoms with E-state index in [4.69, 9.17) is 30.5 Å². The van der Waals surface area contributed by atoms with Gasteiger partial charge in [0.15, 0.2) is 0 Å². The first-order chi connectivity index (χ1) is 21.8. The zero-order valence-corrected chi connectivity index (χ0v) is 27.4. The standard InChI is InChI=1S/C34H43ClN2O7S/c1-41-15-16-43-31-7-4-6-27-20-42-22-33(27)45(39,40)36-34(38)24-10-13-32-30(18-24)37(19-25-9-12-29(25)31)14-3-2-5-23-17-28(35)11-8-26(23)21-44-32/h4,7-8,10-11,13,17-18,25,27,29,31,33H,2-3,5-6,9,12,14-16,19-22H2,1H3,(H,36,38)/b7-4+/t25-,27-,29+,31-,33-/m0/s1. The predicted octanol–water partition coefficient (Wildman–Crippen LogP) is 5.15. The molecular formula is C34H43ClN2O7S. The number of rotatable bonds is 4. The van der Waals surface area contributed by atoms with Crippen LogP contribution in [0.15, 0.2) is 48.6 Å². The zero-order valence-electron chi connectivity index (χ0n) is 25.8.